The Morgan fingerprint density at radius 1 is 0.600 bits per heavy atom. The van der Waals surface area contributed by atoms with Gasteiger partial charge in [0.25, 0.3) is 0 Å². The quantitative estimate of drug-likeness (QED) is 0.211. The second kappa shape index (κ2) is 10.6. The first-order valence-corrected chi connectivity index (χ1v) is 15.4. The molecule has 0 radical (unpaired) electrons. The zero-order valence-corrected chi connectivity index (χ0v) is 24.0. The zero-order chi connectivity index (χ0) is 27.1. The van der Waals surface area contributed by atoms with Crippen molar-refractivity contribution < 1.29 is 8.39 Å². The van der Waals surface area contributed by atoms with Gasteiger partial charge in [0.1, 0.15) is 11.2 Å². The first-order chi connectivity index (χ1) is 19.7. The highest BCUT2D eigenvalue weighted by Crippen LogP contribution is 2.45. The smallest absolute Gasteiger partial charge is 0.309 e. The Kier molecular flexibility index (Phi) is 6.61. The maximum Gasteiger partial charge on any atom is 0.309 e. The third-order valence-corrected chi connectivity index (χ3v) is 10.2. The van der Waals surface area contributed by atoms with E-state index in [0.717, 1.165) is 21.9 Å². The molecule has 0 spiro atoms. The molecule has 3 nitrogen and oxygen atoms in total. The molecule has 0 fully saturated rings. The van der Waals surface area contributed by atoms with Gasteiger partial charge in [-0.25, -0.2) is 0 Å². The van der Waals surface area contributed by atoms with E-state index in [1.165, 1.54) is 36.9 Å². The van der Waals surface area contributed by atoms with Gasteiger partial charge in [-0.15, -0.1) is 0 Å². The lowest BCUT2D eigenvalue weighted by Crippen LogP contribution is -2.18. The molecule has 0 unspecified atom stereocenters. The van der Waals surface area contributed by atoms with Crippen molar-refractivity contribution in [3.8, 4) is 0 Å². The van der Waals surface area contributed by atoms with Crippen molar-refractivity contribution >= 4 is 63.4 Å². The molecule has 0 N–H and O–H groups in total. The molecule has 0 aliphatic heterocycles. The number of hydrogen-bond donors (Lipinski definition) is 0. The molecule has 1 heterocycles. The maximum atomic E-state index is 6.82. The lowest BCUT2D eigenvalue weighted by molar-refractivity contribution is 0.611. The Hall–Kier alpha value is -3.95. The van der Waals surface area contributed by atoms with Gasteiger partial charge in [-0.1, -0.05) is 109 Å². The fourth-order valence-electron chi connectivity index (χ4n) is 5.36. The van der Waals surface area contributed by atoms with Crippen molar-refractivity contribution in [1.29, 1.82) is 0 Å². The van der Waals surface area contributed by atoms with E-state index in [1.807, 2.05) is 0 Å². The molecular formula is C35H28NO2PS. The summed E-state index contributed by atoms with van der Waals surface area (Å²) < 4.78 is 15.9. The van der Waals surface area contributed by atoms with Gasteiger partial charge >= 0.3 is 8.16 Å². The Bertz CT molecular complexity index is 1940. The van der Waals surface area contributed by atoms with Crippen LogP contribution in [0.1, 0.15) is 18.5 Å². The van der Waals surface area contributed by atoms with Gasteiger partial charge in [0.05, 0.1) is 0 Å². The SMILES string of the molecule is C[C@@H](c1ccccc1Sc1ccccc1)N(C)p1oc2ccc3ccccc3c2c2c(ccc3ccccc32)o1. The van der Waals surface area contributed by atoms with Crippen molar-refractivity contribution in [3.63, 3.8) is 0 Å². The molecule has 0 aliphatic rings. The number of fused-ring (bicyclic) bond motifs is 7. The topological polar surface area (TPSA) is 29.5 Å². The summed E-state index contributed by atoms with van der Waals surface area (Å²) in [6.07, 6.45) is 0. The molecule has 1 atom stereocenters. The normalized spacial score (nSPS) is 12.5. The summed E-state index contributed by atoms with van der Waals surface area (Å²) in [7, 11) is 0.650. The Balaban J connectivity index is 1.44. The highest BCUT2D eigenvalue weighted by atomic mass is 32.2. The maximum absolute atomic E-state index is 6.82. The van der Waals surface area contributed by atoms with Crippen molar-refractivity contribution in [2.75, 3.05) is 11.7 Å². The molecular weight excluding hydrogens is 529 g/mol. The van der Waals surface area contributed by atoms with Gasteiger partial charge in [-0.3, -0.25) is 0 Å². The van der Waals surface area contributed by atoms with Crippen LogP contribution in [0.2, 0.25) is 0 Å². The number of benzene rings is 6. The Labute approximate surface area is 238 Å². The van der Waals surface area contributed by atoms with E-state index in [4.69, 9.17) is 8.39 Å². The average molecular weight is 558 g/mol. The van der Waals surface area contributed by atoms with Crippen LogP contribution in [0.15, 0.2) is 146 Å². The van der Waals surface area contributed by atoms with Crippen LogP contribution in [-0.2, 0) is 0 Å². The van der Waals surface area contributed by atoms with E-state index >= 15 is 0 Å². The highest BCUT2D eigenvalue weighted by Gasteiger charge is 2.22. The summed E-state index contributed by atoms with van der Waals surface area (Å²) >= 11 is 1.79. The fourth-order valence-corrected chi connectivity index (χ4v) is 7.76. The predicted molar refractivity (Wildman–Crippen MR) is 171 cm³/mol. The fraction of sp³-hybridized carbons (Fsp3) is 0.0857. The average Bonchev–Trinajstić information content (AvgIpc) is 3.18. The molecule has 0 saturated heterocycles. The molecule has 0 bridgehead atoms. The molecule has 5 heteroatoms. The standard InChI is InChI=1S/C35H28NO2PS/c1-24(28-16-10-11-19-33(28)40-27-14-4-3-5-15-27)36(2)39-37-31-22-20-25-12-6-8-17-29(25)34(31)35-30-18-9-7-13-26(30)21-23-32(35)38-39/h3-24H,1-2H3/t24-/m0/s1. The van der Waals surface area contributed by atoms with Crippen molar-refractivity contribution in [1.82, 2.24) is 0 Å². The lowest BCUT2D eigenvalue weighted by atomic mass is 9.99. The van der Waals surface area contributed by atoms with Crippen LogP contribution in [0, 0.1) is 0 Å². The van der Waals surface area contributed by atoms with Crippen LogP contribution < -0.4 is 4.67 Å². The summed E-state index contributed by atoms with van der Waals surface area (Å²) in [6, 6.07) is 44.7. The zero-order valence-electron chi connectivity index (χ0n) is 22.3. The summed E-state index contributed by atoms with van der Waals surface area (Å²) in [5.74, 6) is 0. The molecule has 196 valence electrons. The van der Waals surface area contributed by atoms with Crippen molar-refractivity contribution in [2.45, 2.75) is 22.8 Å². The molecule has 40 heavy (non-hydrogen) atoms. The van der Waals surface area contributed by atoms with E-state index in [2.05, 4.69) is 146 Å². The van der Waals surface area contributed by atoms with Crippen LogP contribution >= 0.6 is 19.9 Å². The largest absolute Gasteiger partial charge is 0.408 e. The van der Waals surface area contributed by atoms with Crippen LogP contribution in [-0.4, -0.2) is 7.05 Å². The molecule has 6 aromatic carbocycles. The van der Waals surface area contributed by atoms with Gasteiger partial charge in [0.15, 0.2) is 0 Å². The molecule has 0 aliphatic carbocycles. The van der Waals surface area contributed by atoms with Gasteiger partial charge < -0.3 is 8.39 Å². The minimum Gasteiger partial charge on any atom is -0.408 e. The van der Waals surface area contributed by atoms with E-state index in [9.17, 15) is 0 Å². The summed E-state index contributed by atoms with van der Waals surface area (Å²) in [5.41, 5.74) is 2.95. The Morgan fingerprint density at radius 2 is 1.12 bits per heavy atom. The molecule has 7 aromatic rings. The monoisotopic (exact) mass is 557 g/mol. The van der Waals surface area contributed by atoms with Gasteiger partial charge in [0.2, 0.25) is 0 Å². The van der Waals surface area contributed by atoms with Gasteiger partial charge in [-0.05, 0) is 64.4 Å². The predicted octanol–water partition coefficient (Wildman–Crippen LogP) is 11.1. The van der Waals surface area contributed by atoms with Crippen LogP contribution in [0.25, 0.3) is 43.5 Å². The van der Waals surface area contributed by atoms with Gasteiger partial charge in [-0.2, -0.15) is 4.67 Å². The number of nitrogens with zero attached hydrogens (tertiary/aromatic N) is 1. The van der Waals surface area contributed by atoms with Crippen LogP contribution in [0.5, 0.6) is 0 Å². The minimum absolute atomic E-state index is 0.0597. The summed E-state index contributed by atoms with van der Waals surface area (Å²) in [4.78, 5) is 2.45. The van der Waals surface area contributed by atoms with Gasteiger partial charge in [0, 0.05) is 33.7 Å². The van der Waals surface area contributed by atoms with Crippen molar-refractivity contribution in [2.24, 2.45) is 0 Å². The van der Waals surface area contributed by atoms with E-state index in [1.54, 1.807) is 11.8 Å². The molecule has 1 aromatic heterocycles. The first kappa shape index (κ1) is 25.0. The minimum atomic E-state index is -1.45. The van der Waals surface area contributed by atoms with Crippen molar-refractivity contribution in [3.05, 3.63) is 133 Å². The second-order valence-corrected chi connectivity index (χ2v) is 12.5. The molecule has 0 saturated carbocycles. The third-order valence-electron chi connectivity index (χ3n) is 7.54. The summed E-state index contributed by atoms with van der Waals surface area (Å²) in [6.45, 7) is 2.23. The van der Waals surface area contributed by atoms with E-state index in [0.29, 0.717) is 0 Å². The highest BCUT2D eigenvalue weighted by molar-refractivity contribution is 7.99. The molecule has 0 amide bonds. The Morgan fingerprint density at radius 3 is 1.75 bits per heavy atom. The summed E-state index contributed by atoms with van der Waals surface area (Å²) in [5, 5.41) is 6.88. The number of hydrogen-bond acceptors (Lipinski definition) is 4. The first-order valence-electron chi connectivity index (χ1n) is 13.4. The van der Waals surface area contributed by atoms with Crippen LogP contribution in [0.3, 0.4) is 0 Å². The second-order valence-electron chi connectivity index (χ2n) is 9.94. The lowest BCUT2D eigenvalue weighted by Gasteiger charge is -2.23. The van der Waals surface area contributed by atoms with Crippen LogP contribution in [0.4, 0.5) is 0 Å². The number of rotatable bonds is 5. The van der Waals surface area contributed by atoms with E-state index < -0.39 is 8.16 Å². The third kappa shape index (κ3) is 4.49. The van der Waals surface area contributed by atoms with E-state index in [-0.39, 0.29) is 6.04 Å². The molecule has 7 rings (SSSR count).